The molecule has 0 spiro atoms. The third-order valence-corrected chi connectivity index (χ3v) is 4.71. The van der Waals surface area contributed by atoms with Gasteiger partial charge in [0.1, 0.15) is 10.6 Å². The second-order valence-corrected chi connectivity index (χ2v) is 7.20. The molecule has 0 aliphatic carbocycles. The third-order valence-electron chi connectivity index (χ3n) is 3.60. The fourth-order valence-corrected chi connectivity index (χ4v) is 3.20. The maximum absolute atomic E-state index is 5.99. The first-order chi connectivity index (χ1) is 9.97. The molecule has 1 N–H and O–H groups in total. The van der Waals surface area contributed by atoms with Crippen LogP contribution in [0.4, 0.5) is 5.82 Å². The number of nitrogens with zero attached hydrogens (tertiary/aromatic N) is 3. The number of aromatic nitrogens is 2. The van der Waals surface area contributed by atoms with Gasteiger partial charge in [0.25, 0.3) is 0 Å². The smallest absolute Gasteiger partial charge is 0.225 e. The molecule has 0 fully saturated rings. The van der Waals surface area contributed by atoms with Crippen LogP contribution in [-0.4, -0.2) is 41.0 Å². The Bertz CT molecular complexity index is 597. The summed E-state index contributed by atoms with van der Waals surface area (Å²) in [6.07, 6.45) is 2.29. The van der Waals surface area contributed by atoms with Crippen LogP contribution in [0.3, 0.4) is 0 Å². The number of unbranched alkanes of at least 4 members (excludes halogenated alkanes) is 1. The van der Waals surface area contributed by atoms with Gasteiger partial charge in [-0.1, -0.05) is 0 Å². The summed E-state index contributed by atoms with van der Waals surface area (Å²) in [7, 11) is 2.17. The van der Waals surface area contributed by atoms with E-state index < -0.39 is 0 Å². The summed E-state index contributed by atoms with van der Waals surface area (Å²) in [5.41, 5.74) is 0. The van der Waals surface area contributed by atoms with E-state index in [0.29, 0.717) is 11.3 Å². The first-order valence-electron chi connectivity index (χ1n) is 7.35. The molecule has 2 rings (SSSR count). The van der Waals surface area contributed by atoms with Crippen LogP contribution in [0.5, 0.6) is 0 Å². The summed E-state index contributed by atoms with van der Waals surface area (Å²) >= 11 is 7.64. The number of anilines is 1. The average molecular weight is 327 g/mol. The fourth-order valence-electron chi connectivity index (χ4n) is 2.10. The van der Waals surface area contributed by atoms with Crippen LogP contribution in [-0.2, 0) is 0 Å². The summed E-state index contributed by atoms with van der Waals surface area (Å²) in [6, 6.07) is 2.72. The van der Waals surface area contributed by atoms with E-state index >= 15 is 0 Å². The standard InChI is InChI=1S/C15H23ClN4S/c1-10(2)20(4)8-6-5-7-17-13-12-9-11(3)21-14(12)19-15(16)18-13/h9-10H,5-8H2,1-4H3,(H,17,18,19). The van der Waals surface area contributed by atoms with Crippen molar-refractivity contribution in [3.05, 3.63) is 16.2 Å². The zero-order valence-electron chi connectivity index (χ0n) is 13.1. The van der Waals surface area contributed by atoms with E-state index in [-0.39, 0.29) is 0 Å². The van der Waals surface area contributed by atoms with Crippen LogP contribution in [0.1, 0.15) is 31.6 Å². The first kappa shape index (κ1) is 16.5. The van der Waals surface area contributed by atoms with Gasteiger partial charge in [0, 0.05) is 17.5 Å². The highest BCUT2D eigenvalue weighted by molar-refractivity contribution is 7.18. The summed E-state index contributed by atoms with van der Waals surface area (Å²) in [5.74, 6) is 0.853. The van der Waals surface area contributed by atoms with Gasteiger partial charge in [-0.2, -0.15) is 0 Å². The third kappa shape index (κ3) is 4.53. The van der Waals surface area contributed by atoms with E-state index in [0.717, 1.165) is 35.5 Å². The van der Waals surface area contributed by atoms with Gasteiger partial charge in [-0.05, 0) is 64.9 Å². The van der Waals surface area contributed by atoms with Crippen LogP contribution >= 0.6 is 22.9 Å². The van der Waals surface area contributed by atoms with Gasteiger partial charge in [0.05, 0.1) is 5.39 Å². The summed E-state index contributed by atoms with van der Waals surface area (Å²) < 4.78 is 0. The molecular weight excluding hydrogens is 304 g/mol. The molecule has 0 aliphatic heterocycles. The Morgan fingerprint density at radius 3 is 2.81 bits per heavy atom. The van der Waals surface area contributed by atoms with E-state index in [2.05, 4.69) is 54.1 Å². The number of halogens is 1. The van der Waals surface area contributed by atoms with E-state index in [1.54, 1.807) is 11.3 Å². The van der Waals surface area contributed by atoms with E-state index in [4.69, 9.17) is 11.6 Å². The van der Waals surface area contributed by atoms with Gasteiger partial charge in [0.2, 0.25) is 5.28 Å². The molecule has 2 aromatic rings. The van der Waals surface area contributed by atoms with Gasteiger partial charge in [-0.25, -0.2) is 9.97 Å². The van der Waals surface area contributed by atoms with Gasteiger partial charge in [-0.3, -0.25) is 0 Å². The van der Waals surface area contributed by atoms with Crippen LogP contribution in [0.15, 0.2) is 6.07 Å². The fraction of sp³-hybridized carbons (Fsp3) is 0.600. The minimum atomic E-state index is 0.311. The number of rotatable bonds is 7. The predicted octanol–water partition coefficient (Wildman–Crippen LogP) is 4.19. The molecule has 0 amide bonds. The van der Waals surface area contributed by atoms with E-state index in [9.17, 15) is 0 Å². The molecule has 116 valence electrons. The highest BCUT2D eigenvalue weighted by Crippen LogP contribution is 2.29. The van der Waals surface area contributed by atoms with Gasteiger partial charge >= 0.3 is 0 Å². The monoisotopic (exact) mass is 326 g/mol. The average Bonchev–Trinajstić information content (AvgIpc) is 2.77. The van der Waals surface area contributed by atoms with Crippen molar-refractivity contribution in [2.45, 2.75) is 39.7 Å². The summed E-state index contributed by atoms with van der Waals surface area (Å²) in [4.78, 5) is 13.1. The number of nitrogens with one attached hydrogen (secondary N) is 1. The van der Waals surface area contributed by atoms with Crippen molar-refractivity contribution in [1.82, 2.24) is 14.9 Å². The SMILES string of the molecule is Cc1cc2c(NCCCCN(C)C(C)C)nc(Cl)nc2s1. The van der Waals surface area contributed by atoms with Crippen LogP contribution in [0, 0.1) is 6.92 Å². The van der Waals surface area contributed by atoms with Crippen molar-refractivity contribution in [3.63, 3.8) is 0 Å². The second-order valence-electron chi connectivity index (χ2n) is 5.63. The lowest BCUT2D eigenvalue weighted by atomic mass is 10.2. The topological polar surface area (TPSA) is 41.0 Å². The van der Waals surface area contributed by atoms with Gasteiger partial charge in [-0.15, -0.1) is 11.3 Å². The Morgan fingerprint density at radius 1 is 1.33 bits per heavy atom. The highest BCUT2D eigenvalue weighted by atomic mass is 35.5. The molecule has 0 bridgehead atoms. The molecule has 0 atom stereocenters. The van der Waals surface area contributed by atoms with Crippen LogP contribution in [0.2, 0.25) is 5.28 Å². The maximum atomic E-state index is 5.99. The Balaban J connectivity index is 1.89. The van der Waals surface area contributed by atoms with E-state index in [1.165, 1.54) is 11.3 Å². The Morgan fingerprint density at radius 2 is 2.10 bits per heavy atom. The number of thiophene rings is 1. The Kier molecular flexibility index (Phi) is 5.79. The minimum absolute atomic E-state index is 0.311. The molecule has 2 heterocycles. The van der Waals surface area contributed by atoms with Crippen molar-refractivity contribution >= 4 is 39.0 Å². The molecule has 0 aliphatic rings. The molecule has 4 nitrogen and oxygen atoms in total. The molecule has 0 saturated heterocycles. The molecule has 0 saturated carbocycles. The lowest BCUT2D eigenvalue weighted by Crippen LogP contribution is -2.27. The van der Waals surface area contributed by atoms with Gasteiger partial charge in [0.15, 0.2) is 0 Å². The van der Waals surface area contributed by atoms with Crippen molar-refractivity contribution in [1.29, 1.82) is 0 Å². The molecule has 2 aromatic heterocycles. The maximum Gasteiger partial charge on any atom is 0.225 e. The highest BCUT2D eigenvalue weighted by Gasteiger charge is 2.09. The normalized spacial score (nSPS) is 11.8. The van der Waals surface area contributed by atoms with Crippen molar-refractivity contribution < 1.29 is 0 Å². The second kappa shape index (κ2) is 7.38. The molecule has 0 radical (unpaired) electrons. The van der Waals surface area contributed by atoms with Crippen molar-refractivity contribution in [2.24, 2.45) is 0 Å². The molecular formula is C15H23ClN4S. The lowest BCUT2D eigenvalue weighted by molar-refractivity contribution is 0.269. The molecule has 0 aromatic carbocycles. The molecule has 0 unspecified atom stereocenters. The predicted molar refractivity (Wildman–Crippen MR) is 92.7 cm³/mol. The zero-order valence-corrected chi connectivity index (χ0v) is 14.7. The number of fused-ring (bicyclic) bond motifs is 1. The largest absolute Gasteiger partial charge is 0.369 e. The van der Waals surface area contributed by atoms with Crippen LogP contribution in [0.25, 0.3) is 10.2 Å². The summed E-state index contributed by atoms with van der Waals surface area (Å²) in [5, 5.41) is 4.78. The first-order valence-corrected chi connectivity index (χ1v) is 8.54. The number of hydrogen-bond donors (Lipinski definition) is 1. The zero-order chi connectivity index (χ0) is 15.4. The minimum Gasteiger partial charge on any atom is -0.369 e. The Labute approximate surface area is 135 Å². The number of aryl methyl sites for hydroxylation is 1. The van der Waals surface area contributed by atoms with Crippen molar-refractivity contribution in [3.8, 4) is 0 Å². The molecule has 6 heteroatoms. The quantitative estimate of drug-likeness (QED) is 0.612. The molecule has 21 heavy (non-hydrogen) atoms. The summed E-state index contributed by atoms with van der Waals surface area (Å²) in [6.45, 7) is 8.54. The number of hydrogen-bond acceptors (Lipinski definition) is 5. The van der Waals surface area contributed by atoms with Gasteiger partial charge < -0.3 is 10.2 Å². The lowest BCUT2D eigenvalue weighted by Gasteiger charge is -2.20. The van der Waals surface area contributed by atoms with E-state index in [1.807, 2.05) is 0 Å². The van der Waals surface area contributed by atoms with Crippen LogP contribution < -0.4 is 5.32 Å². The van der Waals surface area contributed by atoms with Crippen molar-refractivity contribution in [2.75, 3.05) is 25.5 Å². The Hall–Kier alpha value is -0.910.